The average molecular weight is 254 g/mol. The molecule has 1 saturated carbocycles. The molecule has 1 fully saturated rings. The monoisotopic (exact) mass is 253 g/mol. The molecule has 0 saturated heterocycles. The summed E-state index contributed by atoms with van der Waals surface area (Å²) < 4.78 is 0. The van der Waals surface area contributed by atoms with Crippen molar-refractivity contribution in [2.75, 3.05) is 6.54 Å². The maximum absolute atomic E-state index is 10.1. The second-order valence-electron chi connectivity index (χ2n) is 5.22. The standard InChI is InChI=1S/C14H20ClNO/c1-14(8-2-3-9-14)16-10-13(17)11-4-6-12(15)7-5-11/h4-7,13,16-17H,2-3,8-10H2,1H3. The third-order valence-corrected chi connectivity index (χ3v) is 3.94. The first-order valence-corrected chi connectivity index (χ1v) is 6.65. The van der Waals surface area contributed by atoms with Crippen LogP contribution in [0, 0.1) is 0 Å². The Morgan fingerprint density at radius 1 is 1.29 bits per heavy atom. The number of hydrogen-bond donors (Lipinski definition) is 2. The number of rotatable bonds is 4. The molecule has 0 radical (unpaired) electrons. The number of β-amino-alcohol motifs (C(OH)–C–C–N with tert-alkyl or cyclic N) is 1. The van der Waals surface area contributed by atoms with E-state index in [1.54, 1.807) is 0 Å². The zero-order valence-corrected chi connectivity index (χ0v) is 11.0. The second kappa shape index (κ2) is 5.38. The molecule has 94 valence electrons. The molecule has 1 unspecified atom stereocenters. The maximum atomic E-state index is 10.1. The van der Waals surface area contributed by atoms with E-state index < -0.39 is 6.10 Å². The molecule has 0 aliphatic heterocycles. The topological polar surface area (TPSA) is 32.3 Å². The number of aliphatic hydroxyl groups is 1. The Balaban J connectivity index is 1.88. The van der Waals surface area contributed by atoms with E-state index in [1.807, 2.05) is 24.3 Å². The van der Waals surface area contributed by atoms with Crippen molar-refractivity contribution in [2.45, 2.75) is 44.2 Å². The third-order valence-electron chi connectivity index (χ3n) is 3.68. The van der Waals surface area contributed by atoms with Crippen molar-refractivity contribution in [3.05, 3.63) is 34.9 Å². The van der Waals surface area contributed by atoms with Gasteiger partial charge in [0.2, 0.25) is 0 Å². The molecule has 1 aromatic rings. The minimum atomic E-state index is -0.454. The minimum absolute atomic E-state index is 0.216. The highest BCUT2D eigenvalue weighted by Gasteiger charge is 2.28. The van der Waals surface area contributed by atoms with E-state index in [1.165, 1.54) is 25.7 Å². The quantitative estimate of drug-likeness (QED) is 0.863. The fraction of sp³-hybridized carbons (Fsp3) is 0.571. The normalized spacial score (nSPS) is 20.4. The Kier molecular flexibility index (Phi) is 4.08. The molecule has 1 atom stereocenters. The highest BCUT2D eigenvalue weighted by molar-refractivity contribution is 6.30. The van der Waals surface area contributed by atoms with Crippen LogP contribution in [0.3, 0.4) is 0 Å². The van der Waals surface area contributed by atoms with Crippen molar-refractivity contribution in [3.63, 3.8) is 0 Å². The fourth-order valence-electron chi connectivity index (χ4n) is 2.48. The van der Waals surface area contributed by atoms with Gasteiger partial charge >= 0.3 is 0 Å². The summed E-state index contributed by atoms with van der Waals surface area (Å²) in [5.74, 6) is 0. The van der Waals surface area contributed by atoms with Crippen LogP contribution in [0.1, 0.15) is 44.3 Å². The van der Waals surface area contributed by atoms with E-state index in [2.05, 4.69) is 12.2 Å². The maximum Gasteiger partial charge on any atom is 0.0914 e. The Labute approximate surface area is 108 Å². The molecule has 1 aliphatic carbocycles. The van der Waals surface area contributed by atoms with Gasteiger partial charge in [0, 0.05) is 17.1 Å². The van der Waals surface area contributed by atoms with E-state index in [0.29, 0.717) is 11.6 Å². The van der Waals surface area contributed by atoms with Crippen LogP contribution in [0.2, 0.25) is 5.02 Å². The highest BCUT2D eigenvalue weighted by Crippen LogP contribution is 2.29. The van der Waals surface area contributed by atoms with Crippen molar-refractivity contribution in [2.24, 2.45) is 0 Å². The zero-order valence-electron chi connectivity index (χ0n) is 10.2. The highest BCUT2D eigenvalue weighted by atomic mass is 35.5. The van der Waals surface area contributed by atoms with Crippen LogP contribution in [0.4, 0.5) is 0 Å². The van der Waals surface area contributed by atoms with Gasteiger partial charge in [-0.1, -0.05) is 36.6 Å². The lowest BCUT2D eigenvalue weighted by Crippen LogP contribution is -2.41. The predicted molar refractivity (Wildman–Crippen MR) is 71.3 cm³/mol. The molecule has 0 amide bonds. The van der Waals surface area contributed by atoms with Gasteiger partial charge in [-0.25, -0.2) is 0 Å². The summed E-state index contributed by atoms with van der Waals surface area (Å²) in [4.78, 5) is 0. The van der Waals surface area contributed by atoms with E-state index in [9.17, 15) is 5.11 Å². The molecule has 0 bridgehead atoms. The molecule has 3 heteroatoms. The zero-order chi connectivity index (χ0) is 12.3. The van der Waals surface area contributed by atoms with Crippen molar-refractivity contribution >= 4 is 11.6 Å². The van der Waals surface area contributed by atoms with Crippen LogP contribution < -0.4 is 5.32 Å². The summed E-state index contributed by atoms with van der Waals surface area (Å²) >= 11 is 5.82. The van der Waals surface area contributed by atoms with Crippen LogP contribution >= 0.6 is 11.6 Å². The van der Waals surface area contributed by atoms with Crippen LogP contribution in [0.15, 0.2) is 24.3 Å². The van der Waals surface area contributed by atoms with Gasteiger partial charge in [0.1, 0.15) is 0 Å². The third kappa shape index (κ3) is 3.44. The van der Waals surface area contributed by atoms with E-state index in [4.69, 9.17) is 11.6 Å². The molecule has 0 spiro atoms. The second-order valence-corrected chi connectivity index (χ2v) is 5.65. The van der Waals surface area contributed by atoms with Gasteiger partial charge in [-0.2, -0.15) is 0 Å². The van der Waals surface area contributed by atoms with Gasteiger partial charge in [0.15, 0.2) is 0 Å². The van der Waals surface area contributed by atoms with Gasteiger partial charge in [0.25, 0.3) is 0 Å². The van der Waals surface area contributed by atoms with Crippen LogP contribution in [-0.4, -0.2) is 17.2 Å². The van der Waals surface area contributed by atoms with Crippen molar-refractivity contribution in [3.8, 4) is 0 Å². The first kappa shape index (κ1) is 12.9. The van der Waals surface area contributed by atoms with Crippen molar-refractivity contribution in [1.82, 2.24) is 5.32 Å². The number of nitrogens with one attached hydrogen (secondary N) is 1. The number of aliphatic hydroxyl groups excluding tert-OH is 1. The molecule has 2 N–H and O–H groups in total. The molecule has 17 heavy (non-hydrogen) atoms. The molecule has 0 aromatic heterocycles. The summed E-state index contributed by atoms with van der Waals surface area (Å²) in [6.45, 7) is 2.85. The van der Waals surface area contributed by atoms with Crippen molar-refractivity contribution < 1.29 is 5.11 Å². The summed E-state index contributed by atoms with van der Waals surface area (Å²) in [6, 6.07) is 7.39. The predicted octanol–water partition coefficient (Wildman–Crippen LogP) is 3.30. The average Bonchev–Trinajstić information content (AvgIpc) is 2.75. The SMILES string of the molecule is CC1(NCC(O)c2ccc(Cl)cc2)CCCC1. The van der Waals surface area contributed by atoms with Crippen LogP contribution in [-0.2, 0) is 0 Å². The molecule has 1 aliphatic rings. The smallest absolute Gasteiger partial charge is 0.0914 e. The molecular weight excluding hydrogens is 234 g/mol. The summed E-state index contributed by atoms with van der Waals surface area (Å²) in [5, 5.41) is 14.3. The molecular formula is C14H20ClNO. The fourth-order valence-corrected chi connectivity index (χ4v) is 2.60. The summed E-state index contributed by atoms with van der Waals surface area (Å²) in [7, 11) is 0. The van der Waals surface area contributed by atoms with Gasteiger partial charge in [-0.15, -0.1) is 0 Å². The van der Waals surface area contributed by atoms with Gasteiger partial charge < -0.3 is 10.4 Å². The number of halogens is 1. The largest absolute Gasteiger partial charge is 0.387 e. The van der Waals surface area contributed by atoms with Crippen molar-refractivity contribution in [1.29, 1.82) is 0 Å². The Hall–Kier alpha value is -0.570. The minimum Gasteiger partial charge on any atom is -0.387 e. The summed E-state index contributed by atoms with van der Waals surface area (Å²) in [6.07, 6.45) is 4.55. The Bertz CT molecular complexity index is 357. The van der Waals surface area contributed by atoms with Crippen LogP contribution in [0.5, 0.6) is 0 Å². The number of hydrogen-bond acceptors (Lipinski definition) is 2. The Morgan fingerprint density at radius 3 is 2.47 bits per heavy atom. The molecule has 2 nitrogen and oxygen atoms in total. The lowest BCUT2D eigenvalue weighted by molar-refractivity contribution is 0.159. The summed E-state index contributed by atoms with van der Waals surface area (Å²) in [5.41, 5.74) is 1.14. The Morgan fingerprint density at radius 2 is 1.88 bits per heavy atom. The van der Waals surface area contributed by atoms with Crippen LogP contribution in [0.25, 0.3) is 0 Å². The van der Waals surface area contributed by atoms with Gasteiger partial charge in [-0.05, 0) is 37.5 Å². The lowest BCUT2D eigenvalue weighted by Gasteiger charge is -2.27. The first-order valence-electron chi connectivity index (χ1n) is 6.28. The van der Waals surface area contributed by atoms with Gasteiger partial charge in [-0.3, -0.25) is 0 Å². The number of benzene rings is 1. The molecule has 2 rings (SSSR count). The lowest BCUT2D eigenvalue weighted by atomic mass is 10.00. The van der Waals surface area contributed by atoms with E-state index in [0.717, 1.165) is 5.56 Å². The van der Waals surface area contributed by atoms with Gasteiger partial charge in [0.05, 0.1) is 6.10 Å². The molecule has 1 aromatic carbocycles. The van der Waals surface area contributed by atoms with E-state index in [-0.39, 0.29) is 5.54 Å². The first-order chi connectivity index (χ1) is 8.09. The van der Waals surface area contributed by atoms with E-state index >= 15 is 0 Å². The molecule has 0 heterocycles.